The maximum atomic E-state index is 11.4. The molecule has 0 spiro atoms. The van der Waals surface area contributed by atoms with E-state index in [1.807, 2.05) is 6.07 Å². The summed E-state index contributed by atoms with van der Waals surface area (Å²) >= 11 is 0. The van der Waals surface area contributed by atoms with Crippen LogP contribution in [0.3, 0.4) is 0 Å². The minimum absolute atomic E-state index is 0.00674. The van der Waals surface area contributed by atoms with E-state index in [-0.39, 0.29) is 11.0 Å². The van der Waals surface area contributed by atoms with Crippen LogP contribution >= 0.6 is 0 Å². The zero-order chi connectivity index (χ0) is 10.3. The van der Waals surface area contributed by atoms with Crippen molar-refractivity contribution < 1.29 is 0 Å². The fraction of sp³-hybridized carbons (Fsp3) is 0.400. The topological polar surface area (TPSA) is 50.2 Å². The summed E-state index contributed by atoms with van der Waals surface area (Å²) in [5.41, 5.74) is 1.53. The first-order valence-corrected chi connectivity index (χ1v) is 4.56. The van der Waals surface area contributed by atoms with E-state index in [0.29, 0.717) is 5.52 Å². The lowest BCUT2D eigenvalue weighted by atomic mass is 9.93. The molecule has 4 heteroatoms. The molecule has 74 valence electrons. The third kappa shape index (κ3) is 1.23. The minimum atomic E-state index is -0.101. The molecule has 0 radical (unpaired) electrons. The maximum absolute atomic E-state index is 11.4. The summed E-state index contributed by atoms with van der Waals surface area (Å²) in [5.74, 6) is 0. The first kappa shape index (κ1) is 8.99. The number of nitrogens with zero attached hydrogens (tertiary/aromatic N) is 2. The Kier molecular flexibility index (Phi) is 1.74. The second kappa shape index (κ2) is 2.70. The number of hydrogen-bond donors (Lipinski definition) is 1. The molecule has 2 aromatic heterocycles. The van der Waals surface area contributed by atoms with Crippen LogP contribution in [0, 0.1) is 0 Å². The van der Waals surface area contributed by atoms with Crippen LogP contribution < -0.4 is 5.56 Å². The molecule has 0 saturated carbocycles. The van der Waals surface area contributed by atoms with Gasteiger partial charge in [0, 0.05) is 11.1 Å². The second-order valence-electron chi connectivity index (χ2n) is 4.38. The zero-order valence-electron chi connectivity index (χ0n) is 8.53. The molecule has 0 amide bonds. The smallest absolute Gasteiger partial charge is 0.275 e. The number of aromatic amines is 1. The van der Waals surface area contributed by atoms with Gasteiger partial charge in [-0.2, -0.15) is 5.10 Å². The van der Waals surface area contributed by atoms with E-state index in [2.05, 4.69) is 30.9 Å². The van der Waals surface area contributed by atoms with E-state index in [1.165, 1.54) is 6.33 Å². The van der Waals surface area contributed by atoms with Crippen LogP contribution in [-0.2, 0) is 5.41 Å². The average molecular weight is 191 g/mol. The SMILES string of the molecule is CC(C)(C)c1ccc2c(=O)[nH]cnn12. The number of rotatable bonds is 0. The molecular formula is C10H13N3O. The van der Waals surface area contributed by atoms with E-state index in [0.717, 1.165) is 5.69 Å². The summed E-state index contributed by atoms with van der Waals surface area (Å²) in [6.07, 6.45) is 1.42. The van der Waals surface area contributed by atoms with Gasteiger partial charge in [0.2, 0.25) is 0 Å². The Hall–Kier alpha value is -1.58. The van der Waals surface area contributed by atoms with Crippen LogP contribution in [-0.4, -0.2) is 14.6 Å². The summed E-state index contributed by atoms with van der Waals surface area (Å²) in [5, 5.41) is 4.13. The summed E-state index contributed by atoms with van der Waals surface area (Å²) in [4.78, 5) is 14.0. The standard InChI is InChI=1S/C10H13N3O/c1-10(2,3)8-5-4-7-9(14)11-6-12-13(7)8/h4-6H,1-3H3,(H,11,12,14). The van der Waals surface area contributed by atoms with Crippen molar-refractivity contribution in [3.05, 3.63) is 34.5 Å². The molecule has 2 heterocycles. The van der Waals surface area contributed by atoms with Crippen LogP contribution in [0.1, 0.15) is 26.5 Å². The molecule has 0 aliphatic rings. The van der Waals surface area contributed by atoms with Gasteiger partial charge in [-0.25, -0.2) is 4.52 Å². The van der Waals surface area contributed by atoms with Crippen molar-refractivity contribution >= 4 is 5.52 Å². The van der Waals surface area contributed by atoms with Crippen LogP contribution in [0.4, 0.5) is 0 Å². The lowest BCUT2D eigenvalue weighted by molar-refractivity contribution is 0.549. The minimum Gasteiger partial charge on any atom is -0.310 e. The van der Waals surface area contributed by atoms with Crippen LogP contribution in [0.25, 0.3) is 5.52 Å². The number of hydrogen-bond acceptors (Lipinski definition) is 2. The summed E-state index contributed by atoms with van der Waals surface area (Å²) in [6.45, 7) is 6.28. The lowest BCUT2D eigenvalue weighted by Gasteiger charge is -2.17. The van der Waals surface area contributed by atoms with E-state index >= 15 is 0 Å². The van der Waals surface area contributed by atoms with Gasteiger partial charge in [0.25, 0.3) is 5.56 Å². The van der Waals surface area contributed by atoms with Gasteiger partial charge in [-0.05, 0) is 12.1 Å². The fourth-order valence-electron chi connectivity index (χ4n) is 1.51. The highest BCUT2D eigenvalue weighted by Gasteiger charge is 2.18. The van der Waals surface area contributed by atoms with Crippen LogP contribution in [0.5, 0.6) is 0 Å². The maximum Gasteiger partial charge on any atom is 0.275 e. The highest BCUT2D eigenvalue weighted by Crippen LogP contribution is 2.22. The summed E-state index contributed by atoms with van der Waals surface area (Å²) < 4.78 is 1.69. The van der Waals surface area contributed by atoms with Gasteiger partial charge in [-0.1, -0.05) is 20.8 Å². The number of nitrogens with one attached hydrogen (secondary N) is 1. The van der Waals surface area contributed by atoms with Crippen LogP contribution in [0.15, 0.2) is 23.3 Å². The molecule has 0 bridgehead atoms. The summed E-state index contributed by atoms with van der Waals surface area (Å²) in [7, 11) is 0. The molecular weight excluding hydrogens is 178 g/mol. The molecule has 14 heavy (non-hydrogen) atoms. The lowest BCUT2D eigenvalue weighted by Crippen LogP contribution is -2.18. The highest BCUT2D eigenvalue weighted by atomic mass is 16.1. The normalized spacial score (nSPS) is 12.2. The molecule has 0 aliphatic heterocycles. The predicted octanol–water partition coefficient (Wildman–Crippen LogP) is 1.32. The summed E-state index contributed by atoms with van der Waals surface area (Å²) in [6, 6.07) is 3.74. The van der Waals surface area contributed by atoms with Gasteiger partial charge in [-0.3, -0.25) is 4.79 Å². The van der Waals surface area contributed by atoms with Gasteiger partial charge in [0.05, 0.1) is 0 Å². The van der Waals surface area contributed by atoms with Gasteiger partial charge in [-0.15, -0.1) is 0 Å². The van der Waals surface area contributed by atoms with Crippen molar-refractivity contribution in [2.75, 3.05) is 0 Å². The first-order valence-electron chi connectivity index (χ1n) is 4.56. The Balaban J connectivity index is 2.83. The first-order chi connectivity index (χ1) is 6.50. The second-order valence-corrected chi connectivity index (χ2v) is 4.38. The van der Waals surface area contributed by atoms with E-state index in [9.17, 15) is 4.79 Å². The van der Waals surface area contributed by atoms with Gasteiger partial charge in [0.15, 0.2) is 0 Å². The molecule has 2 aromatic rings. The molecule has 0 aromatic carbocycles. The van der Waals surface area contributed by atoms with Gasteiger partial charge in [0.1, 0.15) is 11.8 Å². The predicted molar refractivity (Wildman–Crippen MR) is 54.5 cm³/mol. The third-order valence-electron chi connectivity index (χ3n) is 2.23. The Bertz CT molecular complexity index is 516. The van der Waals surface area contributed by atoms with Crippen LogP contribution in [0.2, 0.25) is 0 Å². The number of fused-ring (bicyclic) bond motifs is 1. The monoisotopic (exact) mass is 191 g/mol. The van der Waals surface area contributed by atoms with Crippen molar-refractivity contribution in [1.82, 2.24) is 14.6 Å². The van der Waals surface area contributed by atoms with Crippen molar-refractivity contribution in [2.45, 2.75) is 26.2 Å². The molecule has 0 unspecified atom stereocenters. The van der Waals surface area contributed by atoms with E-state index in [4.69, 9.17) is 0 Å². The molecule has 0 atom stereocenters. The van der Waals surface area contributed by atoms with E-state index in [1.54, 1.807) is 10.6 Å². The number of aromatic nitrogens is 3. The largest absolute Gasteiger partial charge is 0.310 e. The van der Waals surface area contributed by atoms with Crippen molar-refractivity contribution in [3.63, 3.8) is 0 Å². The Morgan fingerprint density at radius 2 is 2.07 bits per heavy atom. The average Bonchev–Trinajstić information content (AvgIpc) is 2.47. The molecule has 4 nitrogen and oxygen atoms in total. The molecule has 0 aliphatic carbocycles. The molecule has 0 fully saturated rings. The quantitative estimate of drug-likeness (QED) is 0.682. The Morgan fingerprint density at radius 3 is 2.71 bits per heavy atom. The zero-order valence-corrected chi connectivity index (χ0v) is 8.53. The van der Waals surface area contributed by atoms with Gasteiger partial charge < -0.3 is 4.98 Å². The van der Waals surface area contributed by atoms with E-state index < -0.39 is 0 Å². The van der Waals surface area contributed by atoms with Crippen molar-refractivity contribution in [1.29, 1.82) is 0 Å². The van der Waals surface area contributed by atoms with Crippen molar-refractivity contribution in [3.8, 4) is 0 Å². The molecule has 0 saturated heterocycles. The fourth-order valence-corrected chi connectivity index (χ4v) is 1.51. The Morgan fingerprint density at radius 1 is 1.36 bits per heavy atom. The van der Waals surface area contributed by atoms with Gasteiger partial charge >= 0.3 is 0 Å². The molecule has 2 rings (SSSR count). The Labute approximate surface area is 81.6 Å². The highest BCUT2D eigenvalue weighted by molar-refractivity contribution is 5.47. The third-order valence-corrected chi connectivity index (χ3v) is 2.23. The van der Waals surface area contributed by atoms with Crippen molar-refractivity contribution in [2.24, 2.45) is 0 Å². The molecule has 1 N–H and O–H groups in total. The number of H-pyrrole nitrogens is 1.